The molecular formula is C20H22ClFN2O2. The van der Waals surface area contributed by atoms with Gasteiger partial charge in [-0.1, -0.05) is 24.6 Å². The number of amides is 1. The van der Waals surface area contributed by atoms with Gasteiger partial charge in [-0.3, -0.25) is 4.79 Å². The van der Waals surface area contributed by atoms with Crippen LogP contribution in [0.4, 0.5) is 10.1 Å². The summed E-state index contributed by atoms with van der Waals surface area (Å²) in [5.41, 5.74) is 1.75. The number of nitrogens with zero attached hydrogens (tertiary/aromatic N) is 1. The Labute approximate surface area is 157 Å². The molecule has 26 heavy (non-hydrogen) atoms. The molecule has 1 unspecified atom stereocenters. The van der Waals surface area contributed by atoms with Gasteiger partial charge in [-0.15, -0.1) is 0 Å². The zero-order chi connectivity index (χ0) is 18.7. The number of aromatic hydroxyl groups is 1. The number of carbonyl (C=O) groups is 1. The van der Waals surface area contributed by atoms with Gasteiger partial charge in [0, 0.05) is 25.7 Å². The maximum Gasteiger partial charge on any atom is 0.254 e. The van der Waals surface area contributed by atoms with Crippen molar-refractivity contribution < 1.29 is 14.3 Å². The van der Waals surface area contributed by atoms with Gasteiger partial charge in [-0.25, -0.2) is 4.39 Å². The molecule has 1 atom stereocenters. The first kappa shape index (κ1) is 18.5. The first-order valence-electron chi connectivity index (χ1n) is 8.74. The summed E-state index contributed by atoms with van der Waals surface area (Å²) in [6, 6.07) is 9.19. The fourth-order valence-corrected chi connectivity index (χ4v) is 3.61. The average molecular weight is 377 g/mol. The van der Waals surface area contributed by atoms with Crippen molar-refractivity contribution in [2.75, 3.05) is 18.0 Å². The Balaban J connectivity index is 1.65. The van der Waals surface area contributed by atoms with Gasteiger partial charge in [0.1, 0.15) is 11.6 Å². The fraction of sp³-hybridized carbons (Fsp3) is 0.350. The Morgan fingerprint density at radius 1 is 1.35 bits per heavy atom. The summed E-state index contributed by atoms with van der Waals surface area (Å²) in [7, 11) is 0. The number of hydrogen-bond acceptors (Lipinski definition) is 3. The van der Waals surface area contributed by atoms with Crippen LogP contribution in [0.2, 0.25) is 5.02 Å². The number of halogens is 2. The molecule has 2 aromatic carbocycles. The molecule has 0 spiro atoms. The summed E-state index contributed by atoms with van der Waals surface area (Å²) in [6.45, 7) is 4.48. The molecule has 1 heterocycles. The van der Waals surface area contributed by atoms with Crippen LogP contribution in [-0.4, -0.2) is 24.1 Å². The molecule has 0 aliphatic carbocycles. The molecule has 2 N–H and O–H groups in total. The van der Waals surface area contributed by atoms with E-state index in [9.17, 15) is 14.3 Å². The minimum absolute atomic E-state index is 0.104. The predicted octanol–water partition coefficient (Wildman–Crippen LogP) is 4.35. The van der Waals surface area contributed by atoms with E-state index >= 15 is 0 Å². The molecule has 4 nitrogen and oxygen atoms in total. The molecule has 3 rings (SSSR count). The van der Waals surface area contributed by atoms with E-state index in [0.717, 1.165) is 36.8 Å². The van der Waals surface area contributed by atoms with Crippen LogP contribution in [0.25, 0.3) is 0 Å². The molecule has 2 aromatic rings. The van der Waals surface area contributed by atoms with Crippen molar-refractivity contribution in [1.82, 2.24) is 5.32 Å². The highest BCUT2D eigenvalue weighted by Crippen LogP contribution is 2.30. The molecule has 1 fully saturated rings. The zero-order valence-corrected chi connectivity index (χ0v) is 15.4. The summed E-state index contributed by atoms with van der Waals surface area (Å²) >= 11 is 6.44. The topological polar surface area (TPSA) is 52.6 Å². The van der Waals surface area contributed by atoms with Gasteiger partial charge in [0.2, 0.25) is 0 Å². The summed E-state index contributed by atoms with van der Waals surface area (Å²) < 4.78 is 13.7. The van der Waals surface area contributed by atoms with Crippen molar-refractivity contribution in [2.24, 2.45) is 5.92 Å². The first-order chi connectivity index (χ1) is 12.4. The van der Waals surface area contributed by atoms with E-state index in [-0.39, 0.29) is 17.9 Å². The average Bonchev–Trinajstić information content (AvgIpc) is 2.59. The van der Waals surface area contributed by atoms with Gasteiger partial charge in [-0.2, -0.15) is 0 Å². The number of anilines is 1. The van der Waals surface area contributed by atoms with Gasteiger partial charge in [-0.05, 0) is 48.6 Å². The number of nitrogens with one attached hydrogen (secondary N) is 1. The maximum atomic E-state index is 13.7. The van der Waals surface area contributed by atoms with Crippen molar-refractivity contribution in [3.8, 4) is 5.75 Å². The number of piperidine rings is 1. The summed E-state index contributed by atoms with van der Waals surface area (Å²) in [5.74, 6) is -0.852. The van der Waals surface area contributed by atoms with Crippen LogP contribution in [0.15, 0.2) is 36.4 Å². The van der Waals surface area contributed by atoms with E-state index < -0.39 is 11.7 Å². The van der Waals surface area contributed by atoms with Crippen LogP contribution in [-0.2, 0) is 6.54 Å². The second kappa shape index (κ2) is 7.96. The number of carbonyl (C=O) groups excluding carboxylic acids is 1. The summed E-state index contributed by atoms with van der Waals surface area (Å²) in [6.07, 6.45) is 2.40. The molecule has 1 amide bonds. The van der Waals surface area contributed by atoms with Crippen molar-refractivity contribution in [3.63, 3.8) is 0 Å². The summed E-state index contributed by atoms with van der Waals surface area (Å²) in [4.78, 5) is 14.4. The lowest BCUT2D eigenvalue weighted by molar-refractivity contribution is 0.0947. The second-order valence-electron chi connectivity index (χ2n) is 6.83. The van der Waals surface area contributed by atoms with Gasteiger partial charge in [0.25, 0.3) is 5.91 Å². The minimum atomic E-state index is -0.755. The number of rotatable bonds is 4. The molecule has 138 valence electrons. The number of phenols is 1. The standard InChI is InChI=1S/C20H22ClFN2O2/c1-13-3-2-8-24(12-13)19-7-4-14(9-17(19)21)11-23-20(26)16-6-5-15(25)10-18(16)22/h4-7,9-10,13,25H,2-3,8,11-12H2,1H3,(H,23,26). The highest BCUT2D eigenvalue weighted by Gasteiger charge is 2.19. The minimum Gasteiger partial charge on any atom is -0.508 e. The zero-order valence-electron chi connectivity index (χ0n) is 14.6. The van der Waals surface area contributed by atoms with E-state index in [1.54, 1.807) is 0 Å². The van der Waals surface area contributed by atoms with Crippen LogP contribution < -0.4 is 10.2 Å². The van der Waals surface area contributed by atoms with E-state index in [2.05, 4.69) is 17.1 Å². The van der Waals surface area contributed by atoms with E-state index in [1.807, 2.05) is 18.2 Å². The third kappa shape index (κ3) is 4.28. The smallest absolute Gasteiger partial charge is 0.254 e. The molecule has 1 aliphatic rings. The molecule has 6 heteroatoms. The SMILES string of the molecule is CC1CCCN(c2ccc(CNC(=O)c3ccc(O)cc3F)cc2Cl)C1. The third-order valence-electron chi connectivity index (χ3n) is 4.66. The molecule has 0 bridgehead atoms. The number of hydrogen-bond donors (Lipinski definition) is 2. The lowest BCUT2D eigenvalue weighted by Gasteiger charge is -2.33. The van der Waals surface area contributed by atoms with Crippen molar-refractivity contribution >= 4 is 23.2 Å². The van der Waals surface area contributed by atoms with Crippen LogP contribution in [0.5, 0.6) is 5.75 Å². The van der Waals surface area contributed by atoms with E-state index in [4.69, 9.17) is 11.6 Å². The third-order valence-corrected chi connectivity index (χ3v) is 4.96. The molecule has 0 saturated carbocycles. The Morgan fingerprint density at radius 3 is 2.85 bits per heavy atom. The lowest BCUT2D eigenvalue weighted by Crippen LogP contribution is -2.34. The Kier molecular flexibility index (Phi) is 5.67. The van der Waals surface area contributed by atoms with Crippen LogP contribution in [0, 0.1) is 11.7 Å². The van der Waals surface area contributed by atoms with E-state index in [0.29, 0.717) is 10.9 Å². The normalized spacial score (nSPS) is 17.2. The molecule has 1 aliphatic heterocycles. The molecule has 0 aromatic heterocycles. The maximum absolute atomic E-state index is 13.7. The van der Waals surface area contributed by atoms with Crippen molar-refractivity contribution in [1.29, 1.82) is 0 Å². The van der Waals surface area contributed by atoms with Crippen LogP contribution in [0.3, 0.4) is 0 Å². The number of benzene rings is 2. The Bertz CT molecular complexity index is 812. The fourth-order valence-electron chi connectivity index (χ4n) is 3.29. The van der Waals surface area contributed by atoms with E-state index in [1.165, 1.54) is 18.6 Å². The predicted molar refractivity (Wildman–Crippen MR) is 101 cm³/mol. The first-order valence-corrected chi connectivity index (χ1v) is 9.12. The van der Waals surface area contributed by atoms with Crippen molar-refractivity contribution in [2.45, 2.75) is 26.3 Å². The molecule has 1 saturated heterocycles. The van der Waals surface area contributed by atoms with Gasteiger partial charge in [0.05, 0.1) is 16.3 Å². The van der Waals surface area contributed by atoms with Crippen LogP contribution >= 0.6 is 11.6 Å². The molecule has 0 radical (unpaired) electrons. The highest BCUT2D eigenvalue weighted by molar-refractivity contribution is 6.33. The van der Waals surface area contributed by atoms with Gasteiger partial charge >= 0.3 is 0 Å². The monoisotopic (exact) mass is 376 g/mol. The summed E-state index contributed by atoms with van der Waals surface area (Å²) in [5, 5.41) is 12.5. The lowest BCUT2D eigenvalue weighted by atomic mass is 9.99. The Hall–Kier alpha value is -2.27. The second-order valence-corrected chi connectivity index (χ2v) is 7.23. The van der Waals surface area contributed by atoms with Gasteiger partial charge < -0.3 is 15.3 Å². The largest absolute Gasteiger partial charge is 0.508 e. The van der Waals surface area contributed by atoms with Crippen LogP contribution in [0.1, 0.15) is 35.7 Å². The Morgan fingerprint density at radius 2 is 2.15 bits per heavy atom. The van der Waals surface area contributed by atoms with Crippen molar-refractivity contribution in [3.05, 3.63) is 58.4 Å². The molecular weight excluding hydrogens is 355 g/mol. The quantitative estimate of drug-likeness (QED) is 0.834. The number of phenolic OH excluding ortho intramolecular Hbond substituents is 1. The highest BCUT2D eigenvalue weighted by atomic mass is 35.5. The van der Waals surface area contributed by atoms with Gasteiger partial charge in [0.15, 0.2) is 0 Å².